The van der Waals surface area contributed by atoms with Gasteiger partial charge in [0.2, 0.25) is 5.91 Å². The number of thioether (sulfide) groups is 1. The van der Waals surface area contributed by atoms with Crippen LogP contribution in [0.25, 0.3) is 21.3 Å². The molecule has 0 radical (unpaired) electrons. The quantitative estimate of drug-likeness (QED) is 0.335. The van der Waals surface area contributed by atoms with Crippen molar-refractivity contribution in [2.45, 2.75) is 25.5 Å². The molecule has 4 rings (SSSR count). The third-order valence-electron chi connectivity index (χ3n) is 4.73. The molecule has 0 saturated heterocycles. The molecule has 0 atom stereocenters. The number of anilines is 1. The minimum absolute atomic E-state index is 0.0645. The number of aromatic nitrogens is 2. The van der Waals surface area contributed by atoms with Crippen LogP contribution in [0.5, 0.6) is 0 Å². The van der Waals surface area contributed by atoms with E-state index in [4.69, 9.17) is 4.98 Å². The molecule has 0 saturated carbocycles. The maximum atomic E-state index is 13.3. The van der Waals surface area contributed by atoms with Gasteiger partial charge >= 0.3 is 0 Å². The summed E-state index contributed by atoms with van der Waals surface area (Å²) < 4.78 is 1.65. The molecule has 30 heavy (non-hydrogen) atoms. The van der Waals surface area contributed by atoms with Gasteiger partial charge in [-0.05, 0) is 31.5 Å². The topological polar surface area (TPSA) is 64.0 Å². The van der Waals surface area contributed by atoms with E-state index in [1.54, 1.807) is 4.57 Å². The number of nitrogens with zero attached hydrogens (tertiary/aromatic N) is 2. The van der Waals surface area contributed by atoms with E-state index in [0.29, 0.717) is 21.9 Å². The second kappa shape index (κ2) is 8.85. The van der Waals surface area contributed by atoms with E-state index in [1.165, 1.54) is 28.7 Å². The van der Waals surface area contributed by atoms with Gasteiger partial charge in [-0.1, -0.05) is 59.8 Å². The number of rotatable bonds is 6. The fourth-order valence-electron chi connectivity index (χ4n) is 3.19. The molecule has 5 nitrogen and oxygen atoms in total. The summed E-state index contributed by atoms with van der Waals surface area (Å²) in [7, 11) is 0. The minimum atomic E-state index is -0.130. The molecular formula is C23H21N3O2S2. The fraction of sp³-hybridized carbons (Fsp3) is 0.174. The van der Waals surface area contributed by atoms with Crippen molar-refractivity contribution in [2.24, 2.45) is 0 Å². The van der Waals surface area contributed by atoms with Crippen molar-refractivity contribution in [1.82, 2.24) is 9.55 Å². The van der Waals surface area contributed by atoms with E-state index >= 15 is 0 Å². The monoisotopic (exact) mass is 435 g/mol. The van der Waals surface area contributed by atoms with Gasteiger partial charge in [0.15, 0.2) is 5.16 Å². The molecule has 2 heterocycles. The van der Waals surface area contributed by atoms with Crippen LogP contribution in [-0.2, 0) is 11.3 Å². The number of carbonyl (C=O) groups excluding carboxylic acids is 1. The molecular weight excluding hydrogens is 414 g/mol. The van der Waals surface area contributed by atoms with Crippen LogP contribution in [-0.4, -0.2) is 21.2 Å². The molecule has 0 fully saturated rings. The number of thiophene rings is 1. The number of benzene rings is 2. The number of hydrogen-bond donors (Lipinski definition) is 1. The Kier molecular flexibility index (Phi) is 6.01. The molecule has 1 amide bonds. The lowest BCUT2D eigenvalue weighted by Crippen LogP contribution is -2.23. The predicted octanol–water partition coefficient (Wildman–Crippen LogP) is 5.18. The molecule has 1 N–H and O–H groups in total. The van der Waals surface area contributed by atoms with Crippen molar-refractivity contribution in [3.8, 4) is 11.1 Å². The lowest BCUT2D eigenvalue weighted by Gasteiger charge is -2.11. The molecule has 2 aromatic carbocycles. The van der Waals surface area contributed by atoms with Crippen molar-refractivity contribution < 1.29 is 4.79 Å². The van der Waals surface area contributed by atoms with Crippen LogP contribution in [0, 0.1) is 6.92 Å². The Morgan fingerprint density at radius 2 is 1.87 bits per heavy atom. The molecule has 2 aromatic heterocycles. The van der Waals surface area contributed by atoms with Crippen LogP contribution in [0.3, 0.4) is 0 Å². The van der Waals surface area contributed by atoms with Crippen molar-refractivity contribution in [3.05, 3.63) is 75.9 Å². The zero-order chi connectivity index (χ0) is 21.1. The zero-order valence-corrected chi connectivity index (χ0v) is 18.3. The zero-order valence-electron chi connectivity index (χ0n) is 16.7. The Hall–Kier alpha value is -2.90. The highest BCUT2D eigenvalue weighted by molar-refractivity contribution is 7.99. The highest BCUT2D eigenvalue weighted by Gasteiger charge is 2.17. The molecule has 0 spiro atoms. The Labute approximate surface area is 182 Å². The van der Waals surface area contributed by atoms with Gasteiger partial charge in [-0.3, -0.25) is 14.2 Å². The normalized spacial score (nSPS) is 11.0. The largest absolute Gasteiger partial charge is 0.325 e. The van der Waals surface area contributed by atoms with Gasteiger partial charge in [0.1, 0.15) is 4.83 Å². The number of carbonyl (C=O) groups is 1. The molecule has 0 aliphatic heterocycles. The highest BCUT2D eigenvalue weighted by atomic mass is 32.2. The van der Waals surface area contributed by atoms with Gasteiger partial charge in [-0.2, -0.15) is 0 Å². The fourth-order valence-corrected chi connectivity index (χ4v) is 5.04. The lowest BCUT2D eigenvalue weighted by atomic mass is 10.1. The van der Waals surface area contributed by atoms with Gasteiger partial charge in [0, 0.05) is 23.2 Å². The van der Waals surface area contributed by atoms with E-state index in [1.807, 2.05) is 73.8 Å². The van der Waals surface area contributed by atoms with E-state index < -0.39 is 0 Å². The third kappa shape index (κ3) is 4.17. The van der Waals surface area contributed by atoms with Crippen LogP contribution in [0.15, 0.2) is 69.9 Å². The summed E-state index contributed by atoms with van der Waals surface area (Å²) in [4.78, 5) is 31.0. The standard InChI is InChI=1S/C23H21N3O2S2/c1-3-26-22(28)20-18(16-11-9-15(2)10-12-16)13-29-21(20)25-23(26)30-14-19(27)24-17-7-5-4-6-8-17/h4-13H,3,14H2,1-2H3,(H,24,27). The summed E-state index contributed by atoms with van der Waals surface area (Å²) in [6.45, 7) is 4.45. The van der Waals surface area contributed by atoms with Crippen molar-refractivity contribution in [3.63, 3.8) is 0 Å². The van der Waals surface area contributed by atoms with E-state index in [9.17, 15) is 9.59 Å². The third-order valence-corrected chi connectivity index (χ3v) is 6.58. The van der Waals surface area contributed by atoms with Crippen LogP contribution in [0.4, 0.5) is 5.69 Å². The number of amides is 1. The summed E-state index contributed by atoms with van der Waals surface area (Å²) in [6.07, 6.45) is 0. The molecule has 0 aliphatic carbocycles. The number of nitrogens with one attached hydrogen (secondary N) is 1. The molecule has 0 unspecified atom stereocenters. The number of para-hydroxylation sites is 1. The van der Waals surface area contributed by atoms with E-state index in [-0.39, 0.29) is 17.2 Å². The van der Waals surface area contributed by atoms with Gasteiger partial charge in [0.25, 0.3) is 5.56 Å². The number of aryl methyl sites for hydroxylation is 1. The molecule has 152 valence electrons. The Bertz CT molecular complexity index is 1250. The maximum absolute atomic E-state index is 13.3. The summed E-state index contributed by atoms with van der Waals surface area (Å²) >= 11 is 2.74. The van der Waals surface area contributed by atoms with Gasteiger partial charge in [0.05, 0.1) is 11.1 Å². The first-order valence-corrected chi connectivity index (χ1v) is 11.5. The van der Waals surface area contributed by atoms with Crippen molar-refractivity contribution in [1.29, 1.82) is 0 Å². The Morgan fingerprint density at radius 1 is 1.13 bits per heavy atom. The van der Waals surface area contributed by atoms with Crippen LogP contribution < -0.4 is 10.9 Å². The first-order valence-electron chi connectivity index (χ1n) is 9.63. The number of fused-ring (bicyclic) bond motifs is 1. The minimum Gasteiger partial charge on any atom is -0.325 e. The first-order chi connectivity index (χ1) is 14.6. The van der Waals surface area contributed by atoms with Gasteiger partial charge < -0.3 is 5.32 Å². The molecule has 0 bridgehead atoms. The Morgan fingerprint density at radius 3 is 2.57 bits per heavy atom. The molecule has 0 aliphatic rings. The predicted molar refractivity (Wildman–Crippen MR) is 126 cm³/mol. The maximum Gasteiger partial charge on any atom is 0.263 e. The van der Waals surface area contributed by atoms with Crippen molar-refractivity contribution >= 4 is 44.9 Å². The smallest absolute Gasteiger partial charge is 0.263 e. The summed E-state index contributed by atoms with van der Waals surface area (Å²) in [5.41, 5.74) is 3.78. The highest BCUT2D eigenvalue weighted by Crippen LogP contribution is 2.32. The van der Waals surface area contributed by atoms with E-state index in [2.05, 4.69) is 5.32 Å². The van der Waals surface area contributed by atoms with Gasteiger partial charge in [-0.25, -0.2) is 4.98 Å². The number of hydrogen-bond acceptors (Lipinski definition) is 5. The van der Waals surface area contributed by atoms with Crippen LogP contribution >= 0.6 is 23.1 Å². The average Bonchev–Trinajstić information content (AvgIpc) is 3.18. The summed E-state index contributed by atoms with van der Waals surface area (Å²) in [5.74, 6) is 0.0537. The van der Waals surface area contributed by atoms with Gasteiger partial charge in [-0.15, -0.1) is 11.3 Å². The van der Waals surface area contributed by atoms with Crippen LogP contribution in [0.1, 0.15) is 12.5 Å². The van der Waals surface area contributed by atoms with Crippen molar-refractivity contribution in [2.75, 3.05) is 11.1 Å². The molecule has 4 aromatic rings. The summed E-state index contributed by atoms with van der Waals surface area (Å²) in [6, 6.07) is 17.5. The summed E-state index contributed by atoms with van der Waals surface area (Å²) in [5, 5.41) is 6.05. The Balaban J connectivity index is 1.62. The first kappa shape index (κ1) is 20.4. The average molecular weight is 436 g/mol. The second-order valence-electron chi connectivity index (χ2n) is 6.84. The SMILES string of the molecule is CCn1c(SCC(=O)Nc2ccccc2)nc2scc(-c3ccc(C)cc3)c2c1=O. The lowest BCUT2D eigenvalue weighted by molar-refractivity contribution is -0.113. The van der Waals surface area contributed by atoms with Crippen LogP contribution in [0.2, 0.25) is 0 Å². The second-order valence-corrected chi connectivity index (χ2v) is 8.64. The van der Waals surface area contributed by atoms with E-state index in [0.717, 1.165) is 16.8 Å². The molecule has 7 heteroatoms.